The maximum Gasteiger partial charge on any atom is 0.410 e. The Bertz CT molecular complexity index is 667. The molecule has 1 aromatic rings. The molecule has 1 heterocycles. The summed E-state index contributed by atoms with van der Waals surface area (Å²) in [6.45, 7) is 5.83. The molecular formula is C20H27NO6. The first-order valence-electron chi connectivity index (χ1n) is 9.10. The molecule has 2 rings (SSSR count). The summed E-state index contributed by atoms with van der Waals surface area (Å²) < 4.78 is 10.6. The van der Waals surface area contributed by atoms with E-state index in [-0.39, 0.29) is 19.1 Å². The average Bonchev–Trinajstić information content (AvgIpc) is 3.05. The van der Waals surface area contributed by atoms with Crippen LogP contribution < -0.4 is 0 Å². The first kappa shape index (κ1) is 20.7. The van der Waals surface area contributed by atoms with E-state index >= 15 is 0 Å². The van der Waals surface area contributed by atoms with Crippen molar-refractivity contribution in [2.75, 3.05) is 6.54 Å². The number of rotatable bonds is 6. The SMILES string of the molecule is CC(C)(C)OC(=O)N1CCCC1CC(C(=O)O)C(=O)OCc1ccccc1. The van der Waals surface area contributed by atoms with Crippen molar-refractivity contribution in [3.05, 3.63) is 35.9 Å². The van der Waals surface area contributed by atoms with Crippen LogP contribution in [0.25, 0.3) is 0 Å². The number of benzene rings is 1. The third-order valence-electron chi connectivity index (χ3n) is 4.32. The second-order valence-electron chi connectivity index (χ2n) is 7.69. The topological polar surface area (TPSA) is 93.1 Å². The van der Waals surface area contributed by atoms with E-state index in [0.29, 0.717) is 13.0 Å². The molecule has 1 aromatic carbocycles. The average molecular weight is 377 g/mol. The number of aliphatic carboxylic acids is 1. The highest BCUT2D eigenvalue weighted by Gasteiger charge is 2.38. The number of hydrogen-bond donors (Lipinski definition) is 1. The van der Waals surface area contributed by atoms with Crippen LogP contribution in [0.2, 0.25) is 0 Å². The van der Waals surface area contributed by atoms with Gasteiger partial charge in [0.15, 0.2) is 5.92 Å². The number of amides is 1. The van der Waals surface area contributed by atoms with Crippen LogP contribution in [0.3, 0.4) is 0 Å². The summed E-state index contributed by atoms with van der Waals surface area (Å²) in [5.41, 5.74) is 0.150. The van der Waals surface area contributed by atoms with Gasteiger partial charge in [0, 0.05) is 12.6 Å². The molecule has 1 fully saturated rings. The van der Waals surface area contributed by atoms with Gasteiger partial charge in [-0.1, -0.05) is 30.3 Å². The fraction of sp³-hybridized carbons (Fsp3) is 0.550. The van der Waals surface area contributed by atoms with Crippen LogP contribution in [-0.2, 0) is 25.7 Å². The van der Waals surface area contributed by atoms with Crippen molar-refractivity contribution in [3.63, 3.8) is 0 Å². The van der Waals surface area contributed by atoms with E-state index in [2.05, 4.69) is 0 Å². The summed E-state index contributed by atoms with van der Waals surface area (Å²) in [4.78, 5) is 37.8. The van der Waals surface area contributed by atoms with Gasteiger partial charge in [0.05, 0.1) is 0 Å². The monoisotopic (exact) mass is 377 g/mol. The standard InChI is InChI=1S/C20H27NO6/c1-20(2,3)27-19(25)21-11-7-10-15(21)12-16(17(22)23)18(24)26-13-14-8-5-4-6-9-14/h4-6,8-9,15-16H,7,10-13H2,1-3H3,(H,22,23). The third-order valence-corrected chi connectivity index (χ3v) is 4.32. The highest BCUT2D eigenvalue weighted by Crippen LogP contribution is 2.26. The van der Waals surface area contributed by atoms with E-state index in [9.17, 15) is 19.5 Å². The first-order chi connectivity index (χ1) is 12.7. The summed E-state index contributed by atoms with van der Waals surface area (Å²) in [6.07, 6.45) is 0.916. The predicted molar refractivity (Wildman–Crippen MR) is 97.9 cm³/mol. The Labute approximate surface area is 159 Å². The van der Waals surface area contributed by atoms with Crippen LogP contribution in [0.1, 0.15) is 45.6 Å². The summed E-state index contributed by atoms with van der Waals surface area (Å²) in [7, 11) is 0. The number of carboxylic acid groups (broad SMARTS) is 1. The lowest BCUT2D eigenvalue weighted by molar-refractivity contribution is -0.160. The molecule has 0 saturated carbocycles. The van der Waals surface area contributed by atoms with Crippen molar-refractivity contribution in [3.8, 4) is 0 Å². The minimum Gasteiger partial charge on any atom is -0.481 e. The van der Waals surface area contributed by atoms with Gasteiger partial charge in [-0.25, -0.2) is 4.79 Å². The fourth-order valence-corrected chi connectivity index (χ4v) is 3.04. The largest absolute Gasteiger partial charge is 0.481 e. The molecule has 0 radical (unpaired) electrons. The zero-order valence-corrected chi connectivity index (χ0v) is 16.0. The third kappa shape index (κ3) is 6.27. The minimum atomic E-state index is -1.32. The predicted octanol–water partition coefficient (Wildman–Crippen LogP) is 3.22. The number of carboxylic acids is 1. The Morgan fingerprint density at radius 2 is 1.89 bits per heavy atom. The van der Waals surface area contributed by atoms with Gasteiger partial charge in [0.25, 0.3) is 0 Å². The van der Waals surface area contributed by atoms with Crippen LogP contribution in [0.4, 0.5) is 4.79 Å². The van der Waals surface area contributed by atoms with Gasteiger partial charge in [-0.2, -0.15) is 0 Å². The first-order valence-corrected chi connectivity index (χ1v) is 9.10. The van der Waals surface area contributed by atoms with Crippen LogP contribution in [0.5, 0.6) is 0 Å². The molecule has 1 aliphatic heterocycles. The highest BCUT2D eigenvalue weighted by atomic mass is 16.6. The lowest BCUT2D eigenvalue weighted by Gasteiger charge is -2.29. The summed E-state index contributed by atoms with van der Waals surface area (Å²) in [5.74, 6) is -3.35. The van der Waals surface area contributed by atoms with Gasteiger partial charge in [-0.3, -0.25) is 9.59 Å². The molecule has 0 bridgehead atoms. The molecule has 1 N–H and O–H groups in total. The van der Waals surface area contributed by atoms with Crippen molar-refractivity contribution < 1.29 is 29.0 Å². The van der Waals surface area contributed by atoms with E-state index in [1.54, 1.807) is 32.9 Å². The van der Waals surface area contributed by atoms with Gasteiger partial charge in [-0.15, -0.1) is 0 Å². The molecule has 0 spiro atoms. The maximum absolute atomic E-state index is 12.3. The van der Waals surface area contributed by atoms with Crippen LogP contribution in [-0.4, -0.2) is 46.2 Å². The zero-order chi connectivity index (χ0) is 20.0. The molecular weight excluding hydrogens is 350 g/mol. The van der Waals surface area contributed by atoms with Crippen molar-refractivity contribution in [2.45, 2.75) is 58.3 Å². The Kier molecular flexibility index (Phi) is 6.82. The Morgan fingerprint density at radius 3 is 2.48 bits per heavy atom. The molecule has 0 aliphatic carbocycles. The number of carbonyl (C=O) groups is 3. The van der Waals surface area contributed by atoms with Crippen molar-refractivity contribution >= 4 is 18.0 Å². The Hall–Kier alpha value is -2.57. The molecule has 1 saturated heterocycles. The minimum absolute atomic E-state index is 0.0161. The highest BCUT2D eigenvalue weighted by molar-refractivity contribution is 5.94. The van der Waals surface area contributed by atoms with E-state index in [0.717, 1.165) is 12.0 Å². The number of hydrogen-bond acceptors (Lipinski definition) is 5. The Balaban J connectivity index is 1.98. The number of carbonyl (C=O) groups excluding carboxylic acids is 2. The normalized spacial score (nSPS) is 18.0. The van der Waals surface area contributed by atoms with Gasteiger partial charge >= 0.3 is 18.0 Å². The van der Waals surface area contributed by atoms with Gasteiger partial charge in [0.2, 0.25) is 0 Å². The van der Waals surface area contributed by atoms with Gasteiger partial charge < -0.3 is 19.5 Å². The van der Waals surface area contributed by atoms with E-state index in [1.165, 1.54) is 4.90 Å². The number of ether oxygens (including phenoxy) is 2. The van der Waals surface area contributed by atoms with Crippen LogP contribution in [0.15, 0.2) is 30.3 Å². The summed E-state index contributed by atoms with van der Waals surface area (Å²) >= 11 is 0. The summed E-state index contributed by atoms with van der Waals surface area (Å²) in [6, 6.07) is 8.71. The lowest BCUT2D eigenvalue weighted by atomic mass is 9.98. The number of nitrogens with zero attached hydrogens (tertiary/aromatic N) is 1. The van der Waals surface area contributed by atoms with Gasteiger partial charge in [-0.05, 0) is 45.6 Å². The Morgan fingerprint density at radius 1 is 1.22 bits per heavy atom. The van der Waals surface area contributed by atoms with E-state index in [4.69, 9.17) is 9.47 Å². The van der Waals surface area contributed by atoms with E-state index in [1.807, 2.05) is 18.2 Å². The second-order valence-corrected chi connectivity index (χ2v) is 7.69. The van der Waals surface area contributed by atoms with Crippen LogP contribution >= 0.6 is 0 Å². The molecule has 1 amide bonds. The van der Waals surface area contributed by atoms with Crippen molar-refractivity contribution in [2.24, 2.45) is 5.92 Å². The van der Waals surface area contributed by atoms with Crippen molar-refractivity contribution in [1.29, 1.82) is 0 Å². The van der Waals surface area contributed by atoms with Crippen LogP contribution in [0, 0.1) is 5.92 Å². The quantitative estimate of drug-likeness (QED) is 0.604. The molecule has 7 nitrogen and oxygen atoms in total. The fourth-order valence-electron chi connectivity index (χ4n) is 3.04. The molecule has 0 aromatic heterocycles. The number of likely N-dealkylation sites (tertiary alicyclic amines) is 1. The molecule has 2 atom stereocenters. The lowest BCUT2D eigenvalue weighted by Crippen LogP contribution is -2.42. The second kappa shape index (κ2) is 8.88. The summed E-state index contributed by atoms with van der Waals surface area (Å²) in [5, 5.41) is 9.48. The zero-order valence-electron chi connectivity index (χ0n) is 16.0. The van der Waals surface area contributed by atoms with Gasteiger partial charge in [0.1, 0.15) is 12.2 Å². The smallest absolute Gasteiger partial charge is 0.410 e. The molecule has 2 unspecified atom stereocenters. The molecule has 27 heavy (non-hydrogen) atoms. The maximum atomic E-state index is 12.3. The molecule has 148 valence electrons. The van der Waals surface area contributed by atoms with Crippen molar-refractivity contribution in [1.82, 2.24) is 4.90 Å². The number of esters is 1. The molecule has 7 heteroatoms. The van der Waals surface area contributed by atoms with E-state index < -0.39 is 29.6 Å². The molecule has 1 aliphatic rings.